The van der Waals surface area contributed by atoms with Gasteiger partial charge in [-0.05, 0) is 13.8 Å². The van der Waals surface area contributed by atoms with Gasteiger partial charge < -0.3 is 16.4 Å². The van der Waals surface area contributed by atoms with Crippen LogP contribution in [0, 0.1) is 0 Å². The number of likely N-dealkylation sites (N-methyl/N-ethyl adjacent to an activating group) is 1. The summed E-state index contributed by atoms with van der Waals surface area (Å²) in [5.74, 6) is -0.243. The molecule has 0 saturated heterocycles. The Labute approximate surface area is 78.1 Å². The molecule has 0 spiro atoms. The second kappa shape index (κ2) is 5.66. The maximum Gasteiger partial charge on any atom is 0.280 e. The summed E-state index contributed by atoms with van der Waals surface area (Å²) in [7, 11) is 1.77. The normalized spacial score (nSPS) is 14.8. The molecule has 0 aromatic heterocycles. The van der Waals surface area contributed by atoms with Gasteiger partial charge in [-0.1, -0.05) is 0 Å². The van der Waals surface area contributed by atoms with Gasteiger partial charge in [-0.3, -0.25) is 9.59 Å². The van der Waals surface area contributed by atoms with E-state index in [-0.39, 0.29) is 24.3 Å². The van der Waals surface area contributed by atoms with Crippen LogP contribution in [0.1, 0.15) is 13.8 Å². The number of ketones is 1. The van der Waals surface area contributed by atoms with Crippen LogP contribution in [0.4, 0.5) is 0 Å². The van der Waals surface area contributed by atoms with Crippen LogP contribution in [0.2, 0.25) is 0 Å². The fraction of sp³-hybridized carbons (Fsp3) is 0.750. The number of hydrogen-bond acceptors (Lipinski definition) is 3. The summed E-state index contributed by atoms with van der Waals surface area (Å²) >= 11 is 0. The summed E-state index contributed by atoms with van der Waals surface area (Å²) < 4.78 is 0. The highest BCUT2D eigenvalue weighted by Gasteiger charge is 2.20. The first-order chi connectivity index (χ1) is 6.02. The second-order valence-electron chi connectivity index (χ2n) is 3.02. The number of carbonyl (C=O) groups excluding carboxylic acids is 2. The molecular formula is C8H18N3O2+. The van der Waals surface area contributed by atoms with Crippen molar-refractivity contribution in [3.05, 3.63) is 0 Å². The van der Waals surface area contributed by atoms with Gasteiger partial charge >= 0.3 is 0 Å². The van der Waals surface area contributed by atoms with Crippen LogP contribution in [0.15, 0.2) is 0 Å². The van der Waals surface area contributed by atoms with Gasteiger partial charge in [0.25, 0.3) is 5.91 Å². The summed E-state index contributed by atoms with van der Waals surface area (Å²) in [6, 6.07) is -0.733. The van der Waals surface area contributed by atoms with Crippen molar-refractivity contribution >= 4 is 11.7 Å². The Bertz CT molecular complexity index is 190. The summed E-state index contributed by atoms with van der Waals surface area (Å²) in [6.07, 6.45) is 0. The second-order valence-corrected chi connectivity index (χ2v) is 3.02. The van der Waals surface area contributed by atoms with Gasteiger partial charge in [0.1, 0.15) is 0 Å². The standard InChI is InChI=1S/C8H17N3O2/c1-5(6(2)12)11-8(13)7(4-9)10-3/h5,7,10H,4,9H2,1-3H3,(H,11,13)/p+1. The quantitative estimate of drug-likeness (QED) is 0.449. The van der Waals surface area contributed by atoms with Crippen molar-refractivity contribution in [2.24, 2.45) is 5.73 Å². The lowest BCUT2D eigenvalue weighted by Crippen LogP contribution is -2.91. The monoisotopic (exact) mass is 188 g/mol. The van der Waals surface area contributed by atoms with E-state index in [0.717, 1.165) is 0 Å². The number of carbonyl (C=O) groups is 2. The number of quaternary nitrogens is 1. The average molecular weight is 188 g/mol. The summed E-state index contributed by atoms with van der Waals surface area (Å²) in [5.41, 5.74) is 5.36. The maximum absolute atomic E-state index is 11.3. The van der Waals surface area contributed by atoms with E-state index in [2.05, 4.69) is 5.32 Å². The van der Waals surface area contributed by atoms with Crippen LogP contribution in [0.5, 0.6) is 0 Å². The number of rotatable bonds is 5. The van der Waals surface area contributed by atoms with Crippen molar-refractivity contribution < 1.29 is 14.9 Å². The van der Waals surface area contributed by atoms with Crippen molar-refractivity contribution in [1.29, 1.82) is 0 Å². The van der Waals surface area contributed by atoms with Gasteiger partial charge in [0.2, 0.25) is 0 Å². The van der Waals surface area contributed by atoms with Crippen LogP contribution in [0.25, 0.3) is 0 Å². The Balaban J connectivity index is 4.05. The van der Waals surface area contributed by atoms with Gasteiger partial charge in [0, 0.05) is 0 Å². The molecule has 76 valence electrons. The third kappa shape index (κ3) is 4.00. The van der Waals surface area contributed by atoms with E-state index in [1.54, 1.807) is 19.3 Å². The van der Waals surface area contributed by atoms with E-state index < -0.39 is 6.04 Å². The Morgan fingerprint density at radius 1 is 1.54 bits per heavy atom. The number of hydrogen-bond donors (Lipinski definition) is 3. The van der Waals surface area contributed by atoms with Gasteiger partial charge in [-0.15, -0.1) is 0 Å². The predicted octanol–water partition coefficient (Wildman–Crippen LogP) is -2.40. The van der Waals surface area contributed by atoms with E-state index in [9.17, 15) is 9.59 Å². The van der Waals surface area contributed by atoms with E-state index >= 15 is 0 Å². The molecule has 5 N–H and O–H groups in total. The van der Waals surface area contributed by atoms with Crippen molar-refractivity contribution in [3.63, 3.8) is 0 Å². The smallest absolute Gasteiger partial charge is 0.280 e. The molecule has 0 radical (unpaired) electrons. The molecule has 0 aliphatic rings. The maximum atomic E-state index is 11.3. The van der Waals surface area contributed by atoms with Crippen LogP contribution in [-0.4, -0.2) is 37.4 Å². The number of amides is 1. The highest BCUT2D eigenvalue weighted by atomic mass is 16.2. The first-order valence-electron chi connectivity index (χ1n) is 4.33. The molecule has 2 unspecified atom stereocenters. The Morgan fingerprint density at radius 2 is 2.08 bits per heavy atom. The Morgan fingerprint density at radius 3 is 2.38 bits per heavy atom. The third-order valence-corrected chi connectivity index (χ3v) is 1.96. The van der Waals surface area contributed by atoms with Crippen molar-refractivity contribution in [3.8, 4) is 0 Å². The lowest BCUT2D eigenvalue weighted by molar-refractivity contribution is -0.647. The van der Waals surface area contributed by atoms with E-state index in [4.69, 9.17) is 5.73 Å². The molecule has 0 bridgehead atoms. The lowest BCUT2D eigenvalue weighted by atomic mass is 10.2. The van der Waals surface area contributed by atoms with Gasteiger partial charge in [0.15, 0.2) is 11.8 Å². The van der Waals surface area contributed by atoms with E-state index in [1.165, 1.54) is 6.92 Å². The molecule has 0 rings (SSSR count). The highest BCUT2D eigenvalue weighted by Crippen LogP contribution is 1.84. The largest absolute Gasteiger partial charge is 0.341 e. The Kier molecular flexibility index (Phi) is 5.25. The molecule has 0 fully saturated rings. The van der Waals surface area contributed by atoms with E-state index in [1.807, 2.05) is 0 Å². The molecule has 1 amide bonds. The van der Waals surface area contributed by atoms with Crippen molar-refractivity contribution in [1.82, 2.24) is 5.32 Å². The van der Waals surface area contributed by atoms with Crippen molar-refractivity contribution in [2.75, 3.05) is 13.6 Å². The van der Waals surface area contributed by atoms with Gasteiger partial charge in [-0.2, -0.15) is 0 Å². The van der Waals surface area contributed by atoms with Crippen LogP contribution in [0.3, 0.4) is 0 Å². The first kappa shape index (κ1) is 12.1. The molecule has 0 aliphatic heterocycles. The third-order valence-electron chi connectivity index (χ3n) is 1.96. The van der Waals surface area contributed by atoms with Crippen LogP contribution >= 0.6 is 0 Å². The molecule has 5 nitrogen and oxygen atoms in total. The summed E-state index contributed by atoms with van der Waals surface area (Å²) in [5, 5.41) is 4.31. The predicted molar refractivity (Wildman–Crippen MR) is 49.0 cm³/mol. The summed E-state index contributed by atoms with van der Waals surface area (Å²) in [6.45, 7) is 3.37. The Hall–Kier alpha value is -0.940. The molecule has 5 heteroatoms. The molecule has 2 atom stereocenters. The molecule has 0 aromatic rings. The fourth-order valence-electron chi connectivity index (χ4n) is 0.817. The minimum Gasteiger partial charge on any atom is -0.341 e. The number of Topliss-reactive ketones (excluding diaryl/α,β-unsaturated/α-hetero) is 1. The topological polar surface area (TPSA) is 88.8 Å². The average Bonchev–Trinajstić information content (AvgIpc) is 2.06. The lowest BCUT2D eigenvalue weighted by Gasteiger charge is -2.14. The zero-order valence-corrected chi connectivity index (χ0v) is 8.33. The minimum absolute atomic E-state index is 0.0553. The zero-order valence-electron chi connectivity index (χ0n) is 8.33. The van der Waals surface area contributed by atoms with Gasteiger partial charge in [0.05, 0.1) is 19.6 Å². The highest BCUT2D eigenvalue weighted by molar-refractivity contribution is 5.88. The van der Waals surface area contributed by atoms with E-state index in [0.29, 0.717) is 0 Å². The number of nitrogens with two attached hydrogens (primary N) is 2. The molecule has 0 saturated carbocycles. The first-order valence-corrected chi connectivity index (χ1v) is 4.33. The molecule has 0 aliphatic carbocycles. The molecule has 0 heterocycles. The SMILES string of the molecule is C[NH2+]C(CN)C(=O)NC(C)C(C)=O. The van der Waals surface area contributed by atoms with Crippen molar-refractivity contribution in [2.45, 2.75) is 25.9 Å². The molecule has 0 aromatic carbocycles. The van der Waals surface area contributed by atoms with Gasteiger partial charge in [-0.25, -0.2) is 0 Å². The summed E-state index contributed by atoms with van der Waals surface area (Å²) in [4.78, 5) is 22.2. The molecular weight excluding hydrogens is 170 g/mol. The zero-order chi connectivity index (χ0) is 10.4. The van der Waals surface area contributed by atoms with Crippen LogP contribution < -0.4 is 16.4 Å². The fourth-order valence-corrected chi connectivity index (χ4v) is 0.817. The minimum atomic E-state index is -0.429. The number of nitrogens with one attached hydrogen (secondary N) is 1. The molecule has 13 heavy (non-hydrogen) atoms. The van der Waals surface area contributed by atoms with Crippen LogP contribution in [-0.2, 0) is 9.59 Å².